The molecule has 2 heterocycles. The molecule has 2 aromatic rings. The van der Waals surface area contributed by atoms with Crippen LogP contribution in [0.1, 0.15) is 56.1 Å². The van der Waals surface area contributed by atoms with E-state index in [0.29, 0.717) is 18.8 Å². The smallest absolute Gasteiger partial charge is 0.257 e. The lowest BCUT2D eigenvalue weighted by molar-refractivity contribution is -0.133. The van der Waals surface area contributed by atoms with E-state index in [-0.39, 0.29) is 23.8 Å². The molecule has 0 unspecified atom stereocenters. The lowest BCUT2D eigenvalue weighted by Crippen LogP contribution is -2.58. The summed E-state index contributed by atoms with van der Waals surface area (Å²) >= 11 is 0. The number of rotatable bonds is 4. The second kappa shape index (κ2) is 8.99. The second-order valence-electron chi connectivity index (χ2n) is 9.32. The standard InChI is InChI=1S/C27H30N4O2/c28-18-20-10-7-13-23(19-8-3-1-4-9-19)24(20)27(21-11-5-2-6-12-21)25(32)30-26(29)31(27)22-14-16-33-17-15-22/h1,3-4,7-10,13,21-22H,2,5-6,11-12,14-17H2,(H2,29,30,32)/t27-/m1/s1. The van der Waals surface area contributed by atoms with Gasteiger partial charge in [-0.1, -0.05) is 61.7 Å². The van der Waals surface area contributed by atoms with Gasteiger partial charge < -0.3 is 9.64 Å². The van der Waals surface area contributed by atoms with E-state index >= 15 is 0 Å². The minimum absolute atomic E-state index is 0.0162. The first kappa shape index (κ1) is 21.7. The second-order valence-corrected chi connectivity index (χ2v) is 9.32. The molecule has 1 saturated carbocycles. The van der Waals surface area contributed by atoms with E-state index in [2.05, 4.69) is 11.4 Å². The number of carbonyl (C=O) groups excluding carboxylic acids is 1. The average Bonchev–Trinajstić information content (AvgIpc) is 3.15. The Bertz CT molecular complexity index is 1080. The van der Waals surface area contributed by atoms with Crippen molar-refractivity contribution in [2.24, 2.45) is 5.92 Å². The lowest BCUT2D eigenvalue weighted by atomic mass is 9.66. The third-order valence-electron chi connectivity index (χ3n) is 7.60. The van der Waals surface area contributed by atoms with Gasteiger partial charge in [-0.25, -0.2) is 0 Å². The Labute approximate surface area is 195 Å². The van der Waals surface area contributed by atoms with Gasteiger partial charge in [0.1, 0.15) is 0 Å². The van der Waals surface area contributed by atoms with Crippen molar-refractivity contribution in [3.05, 3.63) is 59.7 Å². The summed E-state index contributed by atoms with van der Waals surface area (Å²) in [6.07, 6.45) is 6.63. The SMILES string of the molecule is N#Cc1cccc(-c2ccccc2)c1[C@]1(C2CCCCC2)C(=O)NC(=N)N1C1CCOCC1. The molecule has 6 nitrogen and oxygen atoms in total. The predicted octanol–water partition coefficient (Wildman–Crippen LogP) is 4.55. The highest BCUT2D eigenvalue weighted by Crippen LogP contribution is 2.51. The summed E-state index contributed by atoms with van der Waals surface area (Å²) in [5.74, 6) is 0.0314. The third-order valence-corrected chi connectivity index (χ3v) is 7.60. The summed E-state index contributed by atoms with van der Waals surface area (Å²) in [7, 11) is 0. The first-order chi connectivity index (χ1) is 16.2. The van der Waals surface area contributed by atoms with Gasteiger partial charge in [0.05, 0.1) is 11.6 Å². The summed E-state index contributed by atoms with van der Waals surface area (Å²) in [6.45, 7) is 1.24. The van der Waals surface area contributed by atoms with Crippen molar-refractivity contribution in [1.82, 2.24) is 10.2 Å². The number of amides is 1. The van der Waals surface area contributed by atoms with Crippen molar-refractivity contribution >= 4 is 11.9 Å². The molecule has 2 aliphatic heterocycles. The molecule has 33 heavy (non-hydrogen) atoms. The maximum absolute atomic E-state index is 14.1. The Hall–Kier alpha value is -3.17. The normalized spacial score (nSPS) is 24.5. The van der Waals surface area contributed by atoms with Crippen LogP contribution in [0.2, 0.25) is 0 Å². The molecule has 5 rings (SSSR count). The van der Waals surface area contributed by atoms with Crippen molar-refractivity contribution in [2.45, 2.75) is 56.5 Å². The Morgan fingerprint density at radius 3 is 2.42 bits per heavy atom. The van der Waals surface area contributed by atoms with Crippen molar-refractivity contribution < 1.29 is 9.53 Å². The molecule has 0 spiro atoms. The van der Waals surface area contributed by atoms with Gasteiger partial charge in [0.15, 0.2) is 11.5 Å². The molecule has 1 aliphatic carbocycles. The van der Waals surface area contributed by atoms with Crippen LogP contribution in [-0.4, -0.2) is 36.0 Å². The summed E-state index contributed by atoms with van der Waals surface area (Å²) < 4.78 is 5.62. The Balaban J connectivity index is 1.81. The van der Waals surface area contributed by atoms with Crippen LogP contribution in [0.15, 0.2) is 48.5 Å². The molecule has 1 atom stereocenters. The molecule has 0 radical (unpaired) electrons. The summed E-state index contributed by atoms with van der Waals surface area (Å²) in [6, 6.07) is 18.2. The van der Waals surface area contributed by atoms with E-state index in [4.69, 9.17) is 10.1 Å². The van der Waals surface area contributed by atoms with Crippen LogP contribution in [0.25, 0.3) is 11.1 Å². The zero-order chi connectivity index (χ0) is 22.8. The highest BCUT2D eigenvalue weighted by Gasteiger charge is 2.60. The van der Waals surface area contributed by atoms with Gasteiger partial charge in [0.25, 0.3) is 5.91 Å². The minimum atomic E-state index is -1.07. The number of nitriles is 1. The number of nitrogens with zero attached hydrogens (tertiary/aromatic N) is 2. The van der Waals surface area contributed by atoms with Crippen molar-refractivity contribution in [3.8, 4) is 17.2 Å². The van der Waals surface area contributed by atoms with E-state index in [0.717, 1.165) is 61.6 Å². The van der Waals surface area contributed by atoms with Gasteiger partial charge in [-0.3, -0.25) is 15.5 Å². The molecular weight excluding hydrogens is 412 g/mol. The Morgan fingerprint density at radius 1 is 1.00 bits per heavy atom. The maximum atomic E-state index is 14.1. The van der Waals surface area contributed by atoms with Crippen LogP contribution in [0.3, 0.4) is 0 Å². The number of nitrogens with one attached hydrogen (secondary N) is 2. The molecular formula is C27H30N4O2. The topological polar surface area (TPSA) is 89.2 Å². The van der Waals surface area contributed by atoms with Gasteiger partial charge in [0.2, 0.25) is 0 Å². The number of ether oxygens (including phenoxy) is 1. The van der Waals surface area contributed by atoms with Crippen LogP contribution in [0, 0.1) is 22.7 Å². The van der Waals surface area contributed by atoms with Crippen LogP contribution in [0.5, 0.6) is 0 Å². The summed E-state index contributed by atoms with van der Waals surface area (Å²) in [5, 5.41) is 22.0. The van der Waals surface area contributed by atoms with E-state index in [1.165, 1.54) is 0 Å². The highest BCUT2D eigenvalue weighted by molar-refractivity contribution is 6.10. The molecule has 2 N–H and O–H groups in total. The monoisotopic (exact) mass is 442 g/mol. The van der Waals surface area contributed by atoms with Crippen LogP contribution in [-0.2, 0) is 15.1 Å². The zero-order valence-electron chi connectivity index (χ0n) is 18.8. The van der Waals surface area contributed by atoms with E-state index < -0.39 is 5.54 Å². The number of carbonyl (C=O) groups is 1. The number of hydrogen-bond donors (Lipinski definition) is 2. The number of hydrogen-bond acceptors (Lipinski definition) is 4. The quantitative estimate of drug-likeness (QED) is 0.727. The van der Waals surface area contributed by atoms with E-state index in [1.807, 2.05) is 53.4 Å². The fourth-order valence-corrected chi connectivity index (χ4v) is 6.22. The summed E-state index contributed by atoms with van der Waals surface area (Å²) in [4.78, 5) is 16.1. The molecule has 3 fully saturated rings. The van der Waals surface area contributed by atoms with E-state index in [9.17, 15) is 10.1 Å². The molecule has 1 amide bonds. The largest absolute Gasteiger partial charge is 0.381 e. The Morgan fingerprint density at radius 2 is 1.73 bits per heavy atom. The zero-order valence-corrected chi connectivity index (χ0v) is 18.8. The van der Waals surface area contributed by atoms with Gasteiger partial charge in [0, 0.05) is 24.8 Å². The highest BCUT2D eigenvalue weighted by atomic mass is 16.5. The Kier molecular flexibility index (Phi) is 5.90. The molecule has 170 valence electrons. The van der Waals surface area contributed by atoms with Gasteiger partial charge in [-0.05, 0) is 48.8 Å². The molecule has 0 bridgehead atoms. The average molecular weight is 443 g/mol. The van der Waals surface area contributed by atoms with Crippen molar-refractivity contribution in [2.75, 3.05) is 13.2 Å². The van der Waals surface area contributed by atoms with E-state index in [1.54, 1.807) is 0 Å². The predicted molar refractivity (Wildman–Crippen MR) is 126 cm³/mol. The first-order valence-electron chi connectivity index (χ1n) is 12.0. The molecule has 2 aromatic carbocycles. The molecule has 0 aromatic heterocycles. The van der Waals surface area contributed by atoms with Gasteiger partial charge in [-0.2, -0.15) is 5.26 Å². The van der Waals surface area contributed by atoms with Crippen LogP contribution >= 0.6 is 0 Å². The van der Waals surface area contributed by atoms with Crippen LogP contribution < -0.4 is 5.32 Å². The van der Waals surface area contributed by atoms with Crippen molar-refractivity contribution in [3.63, 3.8) is 0 Å². The fraction of sp³-hybridized carbons (Fsp3) is 0.444. The molecule has 3 aliphatic rings. The maximum Gasteiger partial charge on any atom is 0.257 e. The van der Waals surface area contributed by atoms with Crippen LogP contribution in [0.4, 0.5) is 0 Å². The molecule has 6 heteroatoms. The van der Waals surface area contributed by atoms with Gasteiger partial charge in [-0.15, -0.1) is 0 Å². The molecule has 2 saturated heterocycles. The van der Waals surface area contributed by atoms with Gasteiger partial charge >= 0.3 is 0 Å². The summed E-state index contributed by atoms with van der Waals surface area (Å²) in [5.41, 5.74) is 2.09. The fourth-order valence-electron chi connectivity index (χ4n) is 6.22. The third kappa shape index (κ3) is 3.52. The lowest BCUT2D eigenvalue weighted by Gasteiger charge is -2.49. The minimum Gasteiger partial charge on any atom is -0.381 e. The van der Waals surface area contributed by atoms with Crippen molar-refractivity contribution in [1.29, 1.82) is 10.7 Å². The first-order valence-corrected chi connectivity index (χ1v) is 12.0. The number of guanidine groups is 1. The number of benzene rings is 2.